The minimum absolute atomic E-state index is 0.139. The highest BCUT2D eigenvalue weighted by molar-refractivity contribution is 5.77. The molecule has 48 valence electrons. The molecule has 0 bridgehead atoms. The van der Waals surface area contributed by atoms with Crippen molar-refractivity contribution in [3.05, 3.63) is 0 Å². The zero-order valence-corrected chi connectivity index (χ0v) is 5.60. The van der Waals surface area contributed by atoms with Gasteiger partial charge in [-0.15, -0.1) is 0 Å². The molecule has 0 fully saturated rings. The first-order chi connectivity index (χ1) is 3.66. The Morgan fingerprint density at radius 2 is 2.25 bits per heavy atom. The third-order valence-electron chi connectivity index (χ3n) is 0.815. The first-order valence-corrected chi connectivity index (χ1v) is 2.64. The van der Waals surface area contributed by atoms with E-state index in [1.54, 1.807) is 6.92 Å². The summed E-state index contributed by atoms with van der Waals surface area (Å²) in [5.41, 5.74) is 5.28. The van der Waals surface area contributed by atoms with Crippen molar-refractivity contribution in [1.29, 1.82) is 0 Å². The Morgan fingerprint density at radius 3 is 2.38 bits per heavy atom. The predicted octanol–water partition coefficient (Wildman–Crippen LogP) is -0.0711. The van der Waals surface area contributed by atoms with E-state index in [2.05, 4.69) is 10.3 Å². The smallest absolute Gasteiger partial charge is 0.0983 e. The van der Waals surface area contributed by atoms with E-state index in [0.29, 0.717) is 5.84 Å². The van der Waals surface area contributed by atoms with Crippen LogP contribution in [-0.2, 0) is 0 Å². The maximum Gasteiger partial charge on any atom is 0.0983 e. The molecule has 0 aliphatic rings. The summed E-state index contributed by atoms with van der Waals surface area (Å²) in [6.45, 7) is 3.71. The molecule has 0 aliphatic heterocycles. The zero-order chi connectivity index (χ0) is 6.57. The Morgan fingerprint density at radius 1 is 1.75 bits per heavy atom. The lowest BCUT2D eigenvalue weighted by atomic mass is 10.6. The Kier molecular flexibility index (Phi) is 3.19. The number of rotatable bonds is 2. The van der Waals surface area contributed by atoms with E-state index in [4.69, 9.17) is 5.73 Å². The van der Waals surface area contributed by atoms with Crippen LogP contribution in [0, 0.1) is 0 Å². The quantitative estimate of drug-likeness (QED) is 0.391. The van der Waals surface area contributed by atoms with Gasteiger partial charge in [-0.3, -0.25) is 10.3 Å². The van der Waals surface area contributed by atoms with E-state index >= 15 is 0 Å². The minimum Gasteiger partial charge on any atom is -0.388 e. The highest BCUT2D eigenvalue weighted by Gasteiger charge is 1.89. The second-order valence-corrected chi connectivity index (χ2v) is 1.74. The standard InChI is InChI=1S/C5H13N3/c1-4(6)8-5(2)7-3/h5,7H,1-3H3,(H2,6,8). The van der Waals surface area contributed by atoms with Crippen molar-refractivity contribution in [2.75, 3.05) is 7.05 Å². The molecule has 8 heavy (non-hydrogen) atoms. The van der Waals surface area contributed by atoms with Crippen molar-refractivity contribution >= 4 is 5.84 Å². The first kappa shape index (κ1) is 7.43. The van der Waals surface area contributed by atoms with Gasteiger partial charge >= 0.3 is 0 Å². The Balaban J connectivity index is 3.51. The van der Waals surface area contributed by atoms with Gasteiger partial charge in [0.2, 0.25) is 0 Å². The highest BCUT2D eigenvalue weighted by atomic mass is 15.1. The summed E-state index contributed by atoms with van der Waals surface area (Å²) >= 11 is 0. The fourth-order valence-electron chi connectivity index (χ4n) is 0.370. The van der Waals surface area contributed by atoms with Crippen molar-refractivity contribution < 1.29 is 0 Å². The first-order valence-electron chi connectivity index (χ1n) is 2.64. The molecule has 3 nitrogen and oxygen atoms in total. The second kappa shape index (κ2) is 3.43. The van der Waals surface area contributed by atoms with Crippen molar-refractivity contribution in [2.24, 2.45) is 10.7 Å². The SMILES string of the molecule is CNC(C)N=C(C)N. The molecule has 0 saturated carbocycles. The molecule has 0 amide bonds. The number of amidine groups is 1. The van der Waals surface area contributed by atoms with Crippen molar-refractivity contribution in [2.45, 2.75) is 20.0 Å². The van der Waals surface area contributed by atoms with Crippen molar-refractivity contribution in [3.8, 4) is 0 Å². The van der Waals surface area contributed by atoms with Crippen LogP contribution in [0.2, 0.25) is 0 Å². The van der Waals surface area contributed by atoms with Gasteiger partial charge in [0, 0.05) is 0 Å². The van der Waals surface area contributed by atoms with E-state index in [1.165, 1.54) is 0 Å². The molecule has 1 unspecified atom stereocenters. The van der Waals surface area contributed by atoms with Crippen LogP contribution in [0.5, 0.6) is 0 Å². The molecular formula is C5H13N3. The van der Waals surface area contributed by atoms with Gasteiger partial charge < -0.3 is 5.73 Å². The summed E-state index contributed by atoms with van der Waals surface area (Å²) in [6, 6.07) is 0. The maximum atomic E-state index is 5.28. The van der Waals surface area contributed by atoms with Gasteiger partial charge in [0.05, 0.1) is 12.0 Å². The van der Waals surface area contributed by atoms with Crippen LogP contribution in [0.25, 0.3) is 0 Å². The highest BCUT2D eigenvalue weighted by Crippen LogP contribution is 1.79. The summed E-state index contributed by atoms with van der Waals surface area (Å²) in [5.74, 6) is 0.617. The number of hydrogen-bond donors (Lipinski definition) is 2. The summed E-state index contributed by atoms with van der Waals surface area (Å²) in [7, 11) is 1.84. The number of hydrogen-bond acceptors (Lipinski definition) is 2. The maximum absolute atomic E-state index is 5.28. The van der Waals surface area contributed by atoms with Gasteiger partial charge in [-0.2, -0.15) is 0 Å². The van der Waals surface area contributed by atoms with Gasteiger partial charge in [-0.25, -0.2) is 0 Å². The summed E-state index contributed by atoms with van der Waals surface area (Å²) < 4.78 is 0. The molecule has 0 saturated heterocycles. The Hall–Kier alpha value is -0.570. The number of nitrogens with zero attached hydrogens (tertiary/aromatic N) is 1. The number of aliphatic imine (C=N–C) groups is 1. The molecule has 0 radical (unpaired) electrons. The molecule has 0 aromatic heterocycles. The minimum atomic E-state index is 0.139. The Bertz CT molecular complexity index is 83.7. The van der Waals surface area contributed by atoms with Crippen molar-refractivity contribution in [1.82, 2.24) is 5.32 Å². The van der Waals surface area contributed by atoms with Crippen LogP contribution >= 0.6 is 0 Å². The normalized spacial score (nSPS) is 16.1. The lowest BCUT2D eigenvalue weighted by Crippen LogP contribution is -2.22. The predicted molar refractivity (Wildman–Crippen MR) is 35.8 cm³/mol. The van der Waals surface area contributed by atoms with Crippen molar-refractivity contribution in [3.63, 3.8) is 0 Å². The topological polar surface area (TPSA) is 50.4 Å². The van der Waals surface area contributed by atoms with Crippen LogP contribution in [0.3, 0.4) is 0 Å². The van der Waals surface area contributed by atoms with Crippen LogP contribution < -0.4 is 11.1 Å². The number of nitrogens with two attached hydrogens (primary N) is 1. The van der Waals surface area contributed by atoms with Gasteiger partial charge in [0.25, 0.3) is 0 Å². The lowest BCUT2D eigenvalue weighted by Gasteiger charge is -2.02. The van der Waals surface area contributed by atoms with E-state index in [1.807, 2.05) is 14.0 Å². The summed E-state index contributed by atoms with van der Waals surface area (Å²) in [6.07, 6.45) is 0.139. The van der Waals surface area contributed by atoms with E-state index in [9.17, 15) is 0 Å². The average molecular weight is 115 g/mol. The molecule has 1 atom stereocenters. The van der Waals surface area contributed by atoms with Gasteiger partial charge in [0.15, 0.2) is 0 Å². The molecule has 0 aromatic rings. The number of nitrogens with one attached hydrogen (secondary N) is 1. The van der Waals surface area contributed by atoms with Crippen LogP contribution in [0.4, 0.5) is 0 Å². The molecule has 3 heteroatoms. The molecule has 0 heterocycles. The van der Waals surface area contributed by atoms with Crippen LogP contribution in [0.1, 0.15) is 13.8 Å². The molecule has 0 spiro atoms. The molecular weight excluding hydrogens is 102 g/mol. The van der Waals surface area contributed by atoms with Gasteiger partial charge in [-0.1, -0.05) is 0 Å². The third kappa shape index (κ3) is 3.61. The van der Waals surface area contributed by atoms with Gasteiger partial charge in [-0.05, 0) is 20.9 Å². The van der Waals surface area contributed by atoms with Crippen LogP contribution in [0.15, 0.2) is 4.99 Å². The van der Waals surface area contributed by atoms with E-state index in [0.717, 1.165) is 0 Å². The second-order valence-electron chi connectivity index (χ2n) is 1.74. The molecule has 0 rings (SSSR count). The molecule has 0 aromatic carbocycles. The molecule has 3 N–H and O–H groups in total. The fraction of sp³-hybridized carbons (Fsp3) is 0.800. The average Bonchev–Trinajstić information content (AvgIpc) is 1.65. The fourth-order valence-corrected chi connectivity index (χ4v) is 0.370. The van der Waals surface area contributed by atoms with E-state index in [-0.39, 0.29) is 6.17 Å². The summed E-state index contributed by atoms with van der Waals surface area (Å²) in [5, 5.41) is 2.93. The monoisotopic (exact) mass is 115 g/mol. The third-order valence-corrected chi connectivity index (χ3v) is 0.815. The lowest BCUT2D eigenvalue weighted by molar-refractivity contribution is 0.640. The molecule has 0 aliphatic carbocycles. The van der Waals surface area contributed by atoms with Gasteiger partial charge in [0.1, 0.15) is 0 Å². The van der Waals surface area contributed by atoms with E-state index < -0.39 is 0 Å². The largest absolute Gasteiger partial charge is 0.388 e. The zero-order valence-electron chi connectivity index (χ0n) is 5.60. The Labute approximate surface area is 50.0 Å². The van der Waals surface area contributed by atoms with Crippen LogP contribution in [-0.4, -0.2) is 19.0 Å². The summed E-state index contributed by atoms with van der Waals surface area (Å²) in [4.78, 5) is 3.98.